The minimum atomic E-state index is -0.346. The number of carbonyl (C=O) groups excluding carboxylic acids is 1. The summed E-state index contributed by atoms with van der Waals surface area (Å²) in [6.07, 6.45) is 0.957. The molecule has 3 rings (SSSR count). The van der Waals surface area contributed by atoms with Crippen molar-refractivity contribution in [2.75, 3.05) is 6.54 Å². The van der Waals surface area contributed by atoms with Gasteiger partial charge in [0.2, 0.25) is 11.8 Å². The zero-order valence-corrected chi connectivity index (χ0v) is 17.3. The van der Waals surface area contributed by atoms with Crippen LogP contribution in [0, 0.1) is 0 Å². The highest BCUT2D eigenvalue weighted by atomic mass is 35.5. The number of amides is 1. The second-order valence-electron chi connectivity index (χ2n) is 6.40. The summed E-state index contributed by atoms with van der Waals surface area (Å²) in [5.41, 5.74) is 1.98. The number of thioether (sulfide) groups is 1. The van der Waals surface area contributed by atoms with Gasteiger partial charge in [-0.1, -0.05) is 66.7 Å². The molecule has 1 heterocycles. The van der Waals surface area contributed by atoms with E-state index >= 15 is 0 Å². The Bertz CT molecular complexity index is 917. The Kier molecular flexibility index (Phi) is 7.12. The summed E-state index contributed by atoms with van der Waals surface area (Å²) in [6, 6.07) is 17.4. The van der Waals surface area contributed by atoms with Gasteiger partial charge in [0.05, 0.1) is 5.25 Å². The Balaban J connectivity index is 1.56. The minimum absolute atomic E-state index is 0.0538. The Hall–Kier alpha value is -2.31. The van der Waals surface area contributed by atoms with Crippen LogP contribution in [0.2, 0.25) is 5.02 Å². The van der Waals surface area contributed by atoms with Crippen molar-refractivity contribution >= 4 is 29.3 Å². The van der Waals surface area contributed by atoms with Crippen molar-refractivity contribution in [2.45, 2.75) is 36.7 Å². The van der Waals surface area contributed by atoms with Gasteiger partial charge in [0.25, 0.3) is 5.22 Å². The van der Waals surface area contributed by atoms with Gasteiger partial charge in [-0.3, -0.25) is 4.79 Å². The van der Waals surface area contributed by atoms with E-state index in [4.69, 9.17) is 16.0 Å². The molecule has 0 saturated carbocycles. The molecule has 7 heteroatoms. The summed E-state index contributed by atoms with van der Waals surface area (Å²) < 4.78 is 5.66. The van der Waals surface area contributed by atoms with E-state index in [0.29, 0.717) is 28.6 Å². The lowest BCUT2D eigenvalue weighted by Crippen LogP contribution is -2.34. The zero-order chi connectivity index (χ0) is 19.9. The van der Waals surface area contributed by atoms with Gasteiger partial charge in [-0.2, -0.15) is 0 Å². The summed E-state index contributed by atoms with van der Waals surface area (Å²) >= 11 is 7.24. The van der Waals surface area contributed by atoms with Crippen LogP contribution in [0.1, 0.15) is 31.7 Å². The Morgan fingerprint density at radius 3 is 2.68 bits per heavy atom. The molecule has 146 valence electrons. The summed E-state index contributed by atoms with van der Waals surface area (Å²) in [7, 11) is 0. The number of halogens is 1. The number of aromatic nitrogens is 2. The van der Waals surface area contributed by atoms with Gasteiger partial charge in [-0.05, 0) is 37.1 Å². The van der Waals surface area contributed by atoms with Crippen molar-refractivity contribution in [3.05, 3.63) is 65.2 Å². The van der Waals surface area contributed by atoms with E-state index in [0.717, 1.165) is 12.0 Å². The molecule has 0 unspecified atom stereocenters. The Labute approximate surface area is 173 Å². The number of hydrogen-bond acceptors (Lipinski definition) is 5. The van der Waals surface area contributed by atoms with E-state index in [1.807, 2.05) is 37.3 Å². The van der Waals surface area contributed by atoms with Gasteiger partial charge in [-0.15, -0.1) is 10.2 Å². The first-order chi connectivity index (χ1) is 13.6. The largest absolute Gasteiger partial charge is 0.411 e. The van der Waals surface area contributed by atoms with Gasteiger partial charge in [0.15, 0.2) is 0 Å². The first-order valence-corrected chi connectivity index (χ1v) is 10.4. The van der Waals surface area contributed by atoms with Crippen molar-refractivity contribution in [2.24, 2.45) is 0 Å². The predicted octanol–water partition coefficient (Wildman–Crippen LogP) is 5.18. The van der Waals surface area contributed by atoms with Gasteiger partial charge in [0, 0.05) is 23.0 Å². The molecule has 0 fully saturated rings. The SMILES string of the molecule is CC[C@@H](CNC(=O)[C@H](C)Sc1nnc(-c2cccc(Cl)c2)o1)c1ccccc1. The quantitative estimate of drug-likeness (QED) is 0.513. The van der Waals surface area contributed by atoms with Crippen LogP contribution >= 0.6 is 23.4 Å². The minimum Gasteiger partial charge on any atom is -0.411 e. The van der Waals surface area contributed by atoms with Crippen LogP contribution in [0.25, 0.3) is 11.5 Å². The molecule has 0 saturated heterocycles. The second kappa shape index (κ2) is 9.75. The van der Waals surface area contributed by atoms with E-state index < -0.39 is 0 Å². The fourth-order valence-electron chi connectivity index (χ4n) is 2.79. The van der Waals surface area contributed by atoms with Crippen LogP contribution in [-0.2, 0) is 4.79 Å². The third-order valence-electron chi connectivity index (χ3n) is 4.41. The number of benzene rings is 2. The van der Waals surface area contributed by atoms with Crippen LogP contribution in [-0.4, -0.2) is 27.9 Å². The van der Waals surface area contributed by atoms with Gasteiger partial charge >= 0.3 is 0 Å². The third-order valence-corrected chi connectivity index (χ3v) is 5.58. The molecule has 5 nitrogen and oxygen atoms in total. The second-order valence-corrected chi connectivity index (χ2v) is 8.13. The summed E-state index contributed by atoms with van der Waals surface area (Å²) in [4.78, 5) is 12.5. The van der Waals surface area contributed by atoms with Gasteiger partial charge < -0.3 is 9.73 Å². The highest BCUT2D eigenvalue weighted by Crippen LogP contribution is 2.27. The maximum absolute atomic E-state index is 12.5. The Morgan fingerprint density at radius 1 is 1.18 bits per heavy atom. The third kappa shape index (κ3) is 5.36. The topological polar surface area (TPSA) is 68.0 Å². The Morgan fingerprint density at radius 2 is 1.96 bits per heavy atom. The smallest absolute Gasteiger partial charge is 0.277 e. The fourth-order valence-corrected chi connectivity index (χ4v) is 3.69. The molecule has 2 aromatic carbocycles. The summed E-state index contributed by atoms with van der Waals surface area (Å²) in [5, 5.41) is 11.7. The van der Waals surface area contributed by atoms with E-state index in [-0.39, 0.29) is 11.2 Å². The van der Waals surface area contributed by atoms with Crippen LogP contribution < -0.4 is 5.32 Å². The van der Waals surface area contributed by atoms with Gasteiger partial charge in [0.1, 0.15) is 0 Å². The first kappa shape index (κ1) is 20.4. The highest BCUT2D eigenvalue weighted by Gasteiger charge is 2.20. The van der Waals surface area contributed by atoms with Crippen molar-refractivity contribution in [3.63, 3.8) is 0 Å². The average molecular weight is 416 g/mol. The predicted molar refractivity (Wildman–Crippen MR) is 113 cm³/mol. The van der Waals surface area contributed by atoms with Crippen LogP contribution in [0.5, 0.6) is 0 Å². The molecule has 1 aromatic heterocycles. The molecule has 0 spiro atoms. The van der Waals surface area contributed by atoms with Crippen LogP contribution in [0.3, 0.4) is 0 Å². The molecule has 0 aliphatic heterocycles. The molecular formula is C21H22ClN3O2S. The molecule has 3 aromatic rings. The maximum atomic E-state index is 12.5. The molecule has 1 N–H and O–H groups in total. The van der Waals surface area contributed by atoms with E-state index in [1.54, 1.807) is 12.1 Å². The lowest BCUT2D eigenvalue weighted by atomic mass is 9.96. The number of nitrogens with zero attached hydrogens (tertiary/aromatic N) is 2. The number of carbonyl (C=O) groups is 1. The average Bonchev–Trinajstić information content (AvgIpc) is 3.17. The number of nitrogens with one attached hydrogen (secondary N) is 1. The molecule has 1 amide bonds. The highest BCUT2D eigenvalue weighted by molar-refractivity contribution is 8.00. The summed E-state index contributed by atoms with van der Waals surface area (Å²) in [5.74, 6) is 0.620. The lowest BCUT2D eigenvalue weighted by Gasteiger charge is -2.17. The van der Waals surface area contributed by atoms with E-state index in [2.05, 4.69) is 34.6 Å². The van der Waals surface area contributed by atoms with Crippen LogP contribution in [0.15, 0.2) is 64.2 Å². The molecule has 0 radical (unpaired) electrons. The van der Waals surface area contributed by atoms with Crippen LogP contribution in [0.4, 0.5) is 0 Å². The van der Waals surface area contributed by atoms with Crippen molar-refractivity contribution < 1.29 is 9.21 Å². The number of rotatable bonds is 8. The van der Waals surface area contributed by atoms with Crippen molar-refractivity contribution in [1.82, 2.24) is 15.5 Å². The standard InChI is InChI=1S/C21H22ClN3O2S/c1-3-15(16-8-5-4-6-9-16)13-23-19(26)14(2)28-21-25-24-20(27-21)17-10-7-11-18(22)12-17/h4-12,14-15H,3,13H2,1-2H3,(H,23,26)/t14-,15-/m0/s1. The monoisotopic (exact) mass is 415 g/mol. The molecule has 2 atom stereocenters. The van der Waals surface area contributed by atoms with E-state index in [1.165, 1.54) is 17.3 Å². The number of hydrogen-bond donors (Lipinski definition) is 1. The molecule has 0 bridgehead atoms. The maximum Gasteiger partial charge on any atom is 0.277 e. The zero-order valence-electron chi connectivity index (χ0n) is 15.8. The normalized spacial score (nSPS) is 13.1. The van der Waals surface area contributed by atoms with Crippen molar-refractivity contribution in [3.8, 4) is 11.5 Å². The van der Waals surface area contributed by atoms with Crippen molar-refractivity contribution in [1.29, 1.82) is 0 Å². The summed E-state index contributed by atoms with van der Waals surface area (Å²) in [6.45, 7) is 4.55. The first-order valence-electron chi connectivity index (χ1n) is 9.15. The van der Waals surface area contributed by atoms with E-state index in [9.17, 15) is 4.79 Å². The molecule has 0 aliphatic carbocycles. The molecular weight excluding hydrogens is 394 g/mol. The van der Waals surface area contributed by atoms with Gasteiger partial charge in [-0.25, -0.2) is 0 Å². The molecule has 0 aliphatic rings. The molecule has 28 heavy (non-hydrogen) atoms. The fraction of sp³-hybridized carbons (Fsp3) is 0.286. The lowest BCUT2D eigenvalue weighted by molar-refractivity contribution is -0.120.